The van der Waals surface area contributed by atoms with Crippen LogP contribution in [-0.4, -0.2) is 34.8 Å². The van der Waals surface area contributed by atoms with E-state index in [0.29, 0.717) is 12.3 Å². The van der Waals surface area contributed by atoms with E-state index in [4.69, 9.17) is 0 Å². The summed E-state index contributed by atoms with van der Waals surface area (Å²) in [7, 11) is 0. The fourth-order valence-corrected chi connectivity index (χ4v) is 2.69. The summed E-state index contributed by atoms with van der Waals surface area (Å²) in [5.41, 5.74) is 0. The summed E-state index contributed by atoms with van der Waals surface area (Å²) in [6, 6.07) is -0.581. The van der Waals surface area contributed by atoms with E-state index < -0.39 is 0 Å². The Morgan fingerprint density at radius 2 is 1.74 bits per heavy atom. The molecule has 110 valence electrons. The van der Waals surface area contributed by atoms with Crippen molar-refractivity contribution in [1.82, 2.24) is 10.2 Å². The third kappa shape index (κ3) is 3.10. The number of rotatable bonds is 5. The van der Waals surface area contributed by atoms with Gasteiger partial charge in [0.05, 0.1) is 0 Å². The maximum atomic E-state index is 12.7. The molecule has 0 saturated carbocycles. The van der Waals surface area contributed by atoms with Crippen LogP contribution < -0.4 is 5.32 Å². The topological polar surface area (TPSA) is 49.4 Å². The van der Waals surface area contributed by atoms with E-state index in [-0.39, 0.29) is 35.9 Å². The van der Waals surface area contributed by atoms with E-state index in [2.05, 4.69) is 26.1 Å². The summed E-state index contributed by atoms with van der Waals surface area (Å²) in [5.74, 6) is 0.600. The van der Waals surface area contributed by atoms with Gasteiger partial charge in [0.25, 0.3) is 0 Å². The highest BCUT2D eigenvalue weighted by atomic mass is 16.2. The zero-order valence-electron chi connectivity index (χ0n) is 13.1. The van der Waals surface area contributed by atoms with Crippen molar-refractivity contribution in [2.45, 2.75) is 72.5 Å². The van der Waals surface area contributed by atoms with Crippen LogP contribution >= 0.6 is 0 Å². The van der Waals surface area contributed by atoms with Gasteiger partial charge in [0.15, 0.2) is 0 Å². The molecule has 0 aromatic carbocycles. The van der Waals surface area contributed by atoms with Crippen LogP contribution in [0.5, 0.6) is 0 Å². The highest BCUT2D eigenvalue weighted by Gasteiger charge is 2.43. The molecule has 4 nitrogen and oxygen atoms in total. The largest absolute Gasteiger partial charge is 0.342 e. The lowest BCUT2D eigenvalue weighted by molar-refractivity contribution is -0.154. The first kappa shape index (κ1) is 16.0. The van der Waals surface area contributed by atoms with E-state index in [1.54, 1.807) is 0 Å². The predicted molar refractivity (Wildman–Crippen MR) is 76.6 cm³/mol. The molecule has 0 spiro atoms. The fourth-order valence-electron chi connectivity index (χ4n) is 2.69. The number of hydrogen-bond acceptors (Lipinski definition) is 2. The van der Waals surface area contributed by atoms with Crippen LogP contribution in [0.4, 0.5) is 0 Å². The molecule has 4 atom stereocenters. The highest BCUT2D eigenvalue weighted by Crippen LogP contribution is 2.24. The number of piperazine rings is 1. The quantitative estimate of drug-likeness (QED) is 0.831. The van der Waals surface area contributed by atoms with E-state index in [1.807, 2.05) is 25.7 Å². The Bertz CT molecular complexity index is 341. The maximum Gasteiger partial charge on any atom is 0.246 e. The first-order valence-electron chi connectivity index (χ1n) is 7.47. The summed E-state index contributed by atoms with van der Waals surface area (Å²) in [4.78, 5) is 26.7. The second kappa shape index (κ2) is 6.40. The minimum atomic E-state index is -0.373. The number of nitrogens with zero attached hydrogens (tertiary/aromatic N) is 1. The van der Waals surface area contributed by atoms with Gasteiger partial charge in [-0.2, -0.15) is 0 Å². The molecule has 1 aliphatic heterocycles. The maximum absolute atomic E-state index is 12.7. The molecule has 0 aliphatic carbocycles. The van der Waals surface area contributed by atoms with Gasteiger partial charge in [0.2, 0.25) is 11.8 Å². The lowest BCUT2D eigenvalue weighted by atomic mass is 9.91. The van der Waals surface area contributed by atoms with Gasteiger partial charge in [-0.25, -0.2) is 0 Å². The van der Waals surface area contributed by atoms with Gasteiger partial charge in [-0.05, 0) is 25.2 Å². The summed E-state index contributed by atoms with van der Waals surface area (Å²) in [6.45, 7) is 12.2. The van der Waals surface area contributed by atoms with Crippen LogP contribution in [0.15, 0.2) is 0 Å². The smallest absolute Gasteiger partial charge is 0.246 e. The minimum Gasteiger partial charge on any atom is -0.342 e. The molecule has 4 unspecified atom stereocenters. The second-order valence-electron chi connectivity index (χ2n) is 6.03. The van der Waals surface area contributed by atoms with E-state index in [1.165, 1.54) is 0 Å². The van der Waals surface area contributed by atoms with Gasteiger partial charge in [-0.1, -0.05) is 41.0 Å². The molecule has 19 heavy (non-hydrogen) atoms. The summed E-state index contributed by atoms with van der Waals surface area (Å²) < 4.78 is 0. The molecule has 0 aromatic rings. The second-order valence-corrected chi connectivity index (χ2v) is 6.03. The Labute approximate surface area is 116 Å². The van der Waals surface area contributed by atoms with Gasteiger partial charge >= 0.3 is 0 Å². The summed E-state index contributed by atoms with van der Waals surface area (Å²) in [6.07, 6.45) is 1.68. The third-order valence-electron chi connectivity index (χ3n) is 4.42. The molecule has 1 N–H and O–H groups in total. The average Bonchev–Trinajstić information content (AvgIpc) is 2.38. The Morgan fingerprint density at radius 1 is 1.16 bits per heavy atom. The molecule has 2 amide bonds. The van der Waals surface area contributed by atoms with Crippen molar-refractivity contribution in [2.24, 2.45) is 11.8 Å². The van der Waals surface area contributed by atoms with Crippen LogP contribution in [0.3, 0.4) is 0 Å². The number of carbonyl (C=O) groups excluding carboxylic acids is 2. The number of amides is 2. The van der Waals surface area contributed by atoms with Gasteiger partial charge in [-0.3, -0.25) is 9.59 Å². The Hall–Kier alpha value is -1.06. The molecule has 0 bridgehead atoms. The normalized spacial score (nSPS) is 27.4. The number of hydrogen-bond donors (Lipinski definition) is 1. The first-order chi connectivity index (χ1) is 8.84. The van der Waals surface area contributed by atoms with E-state index in [9.17, 15) is 9.59 Å². The van der Waals surface area contributed by atoms with Crippen molar-refractivity contribution < 1.29 is 9.59 Å². The summed E-state index contributed by atoms with van der Waals surface area (Å²) in [5, 5.41) is 2.88. The van der Waals surface area contributed by atoms with Crippen LogP contribution in [0.2, 0.25) is 0 Å². The Balaban J connectivity index is 3.05. The molecule has 1 rings (SSSR count). The van der Waals surface area contributed by atoms with Crippen LogP contribution in [0.1, 0.15) is 54.4 Å². The average molecular weight is 268 g/mol. The van der Waals surface area contributed by atoms with Crippen molar-refractivity contribution in [3.63, 3.8) is 0 Å². The molecular formula is C15H28N2O2. The SMILES string of the molecule is CCC(C)C(C)N1C(=O)C(C(C)C)NC(=O)C1CC. The molecule has 0 radical (unpaired) electrons. The summed E-state index contributed by atoms with van der Waals surface area (Å²) >= 11 is 0. The third-order valence-corrected chi connectivity index (χ3v) is 4.42. The molecule has 1 heterocycles. The standard InChI is InChI=1S/C15H28N2O2/c1-7-10(5)11(6)17-12(8-2)14(18)16-13(9(3)4)15(17)19/h9-13H,7-8H2,1-6H3,(H,16,18). The minimum absolute atomic E-state index is 0.00375. The molecule has 0 aromatic heterocycles. The van der Waals surface area contributed by atoms with Gasteiger partial charge in [0.1, 0.15) is 12.1 Å². The molecular weight excluding hydrogens is 240 g/mol. The van der Waals surface area contributed by atoms with E-state index >= 15 is 0 Å². The zero-order chi connectivity index (χ0) is 14.7. The van der Waals surface area contributed by atoms with E-state index in [0.717, 1.165) is 6.42 Å². The molecule has 1 fully saturated rings. The van der Waals surface area contributed by atoms with Crippen LogP contribution in [-0.2, 0) is 9.59 Å². The molecule has 4 heteroatoms. The lowest BCUT2D eigenvalue weighted by Crippen LogP contribution is -2.67. The van der Waals surface area contributed by atoms with Crippen molar-refractivity contribution >= 4 is 11.8 Å². The zero-order valence-corrected chi connectivity index (χ0v) is 13.1. The fraction of sp³-hybridized carbons (Fsp3) is 0.867. The Kier molecular flexibility index (Phi) is 5.39. The molecule has 1 saturated heterocycles. The van der Waals surface area contributed by atoms with Crippen molar-refractivity contribution in [3.05, 3.63) is 0 Å². The lowest BCUT2D eigenvalue weighted by Gasteiger charge is -2.44. The van der Waals surface area contributed by atoms with Crippen molar-refractivity contribution in [3.8, 4) is 0 Å². The van der Waals surface area contributed by atoms with Crippen LogP contribution in [0, 0.1) is 11.8 Å². The predicted octanol–water partition coefficient (Wildman–Crippen LogP) is 2.18. The Morgan fingerprint density at radius 3 is 2.16 bits per heavy atom. The first-order valence-corrected chi connectivity index (χ1v) is 7.47. The van der Waals surface area contributed by atoms with Crippen molar-refractivity contribution in [2.75, 3.05) is 0 Å². The molecule has 1 aliphatic rings. The highest BCUT2D eigenvalue weighted by molar-refractivity contribution is 5.97. The van der Waals surface area contributed by atoms with Crippen molar-refractivity contribution in [1.29, 1.82) is 0 Å². The van der Waals surface area contributed by atoms with Crippen LogP contribution in [0.25, 0.3) is 0 Å². The monoisotopic (exact) mass is 268 g/mol. The van der Waals surface area contributed by atoms with Gasteiger partial charge in [0, 0.05) is 6.04 Å². The number of carbonyl (C=O) groups is 2. The van der Waals surface area contributed by atoms with Gasteiger partial charge in [-0.15, -0.1) is 0 Å². The number of nitrogens with one attached hydrogen (secondary N) is 1. The van der Waals surface area contributed by atoms with Gasteiger partial charge < -0.3 is 10.2 Å².